The zero-order chi connectivity index (χ0) is 18.1. The largest absolute Gasteiger partial charge is 0.459 e. The van der Waals surface area contributed by atoms with E-state index in [9.17, 15) is 32.1 Å². The van der Waals surface area contributed by atoms with Gasteiger partial charge in [0.1, 0.15) is 17.6 Å². The summed E-state index contributed by atoms with van der Waals surface area (Å²) in [5.74, 6) is -6.16. The van der Waals surface area contributed by atoms with Gasteiger partial charge in [-0.2, -0.15) is 22.0 Å². The zero-order valence-electron chi connectivity index (χ0n) is 11.8. The van der Waals surface area contributed by atoms with E-state index in [2.05, 4.69) is 9.97 Å². The molecule has 0 unspecified atom stereocenters. The minimum Gasteiger partial charge on any atom is -0.448 e. The van der Waals surface area contributed by atoms with Crippen molar-refractivity contribution in [2.75, 3.05) is 0 Å². The van der Waals surface area contributed by atoms with Crippen LogP contribution in [0, 0.1) is 17.0 Å². The van der Waals surface area contributed by atoms with Gasteiger partial charge in [0.25, 0.3) is 0 Å². The molecule has 0 spiro atoms. The third kappa shape index (κ3) is 3.39. The lowest BCUT2D eigenvalue weighted by molar-refractivity contribution is -0.386. The number of aryl methyl sites for hydroxylation is 1. The lowest BCUT2D eigenvalue weighted by Gasteiger charge is -2.19. The summed E-state index contributed by atoms with van der Waals surface area (Å²) >= 11 is 0. The van der Waals surface area contributed by atoms with Crippen LogP contribution in [-0.2, 0) is 5.92 Å². The Morgan fingerprint density at radius 2 is 1.79 bits per heavy atom. The first-order chi connectivity index (χ1) is 11.0. The van der Waals surface area contributed by atoms with Gasteiger partial charge in [-0.3, -0.25) is 15.1 Å². The normalized spacial score (nSPS) is 12.1. The Bertz CT molecular complexity index is 762. The fraction of sp³-hybridized carbons (Fsp3) is 0.231. The summed E-state index contributed by atoms with van der Waals surface area (Å²) in [6.07, 6.45) is -4.48. The molecular weight excluding hydrogens is 341 g/mol. The fourth-order valence-electron chi connectivity index (χ4n) is 1.61. The van der Waals surface area contributed by atoms with Crippen LogP contribution in [0.1, 0.15) is 11.4 Å². The standard InChI is InChI=1S/C13H8F5N3O3/c1-7-2-3-8(5-19-7)24-10-4-11(12(14,15)13(16,17)18)20-6-9(10)21(22)23/h2-6H,1H3. The van der Waals surface area contributed by atoms with Crippen LogP contribution in [-0.4, -0.2) is 21.1 Å². The van der Waals surface area contributed by atoms with E-state index in [0.717, 1.165) is 6.20 Å². The van der Waals surface area contributed by atoms with Crippen molar-refractivity contribution in [1.82, 2.24) is 9.97 Å². The molecule has 0 saturated heterocycles. The number of rotatable bonds is 4. The summed E-state index contributed by atoms with van der Waals surface area (Å²) in [7, 11) is 0. The van der Waals surface area contributed by atoms with Crippen molar-refractivity contribution in [3.8, 4) is 11.5 Å². The van der Waals surface area contributed by atoms with Gasteiger partial charge < -0.3 is 4.74 Å². The molecule has 0 radical (unpaired) electrons. The number of pyridine rings is 2. The van der Waals surface area contributed by atoms with Gasteiger partial charge in [-0.1, -0.05) is 0 Å². The number of hydrogen-bond acceptors (Lipinski definition) is 5. The number of ether oxygens (including phenoxy) is 1. The maximum absolute atomic E-state index is 13.3. The van der Waals surface area contributed by atoms with Crippen LogP contribution in [0.25, 0.3) is 0 Å². The van der Waals surface area contributed by atoms with Gasteiger partial charge in [-0.25, -0.2) is 4.98 Å². The first-order valence-corrected chi connectivity index (χ1v) is 6.22. The highest BCUT2D eigenvalue weighted by atomic mass is 19.4. The second-order valence-corrected chi connectivity index (χ2v) is 4.60. The molecule has 0 atom stereocenters. The van der Waals surface area contributed by atoms with Crippen LogP contribution in [0.2, 0.25) is 0 Å². The molecule has 2 aromatic heterocycles. The van der Waals surface area contributed by atoms with Gasteiger partial charge in [-0.05, 0) is 19.1 Å². The molecule has 2 heterocycles. The van der Waals surface area contributed by atoms with Crippen molar-refractivity contribution in [2.24, 2.45) is 0 Å². The molecule has 0 aliphatic rings. The van der Waals surface area contributed by atoms with E-state index in [-0.39, 0.29) is 18.0 Å². The maximum atomic E-state index is 13.3. The van der Waals surface area contributed by atoms with Crippen LogP contribution < -0.4 is 4.74 Å². The molecule has 2 aromatic rings. The van der Waals surface area contributed by atoms with E-state index in [0.29, 0.717) is 5.69 Å². The number of alkyl halides is 5. The minimum absolute atomic E-state index is 0.0730. The van der Waals surface area contributed by atoms with Gasteiger partial charge in [0.15, 0.2) is 0 Å². The maximum Gasteiger partial charge on any atom is 0.459 e. The highest BCUT2D eigenvalue weighted by molar-refractivity contribution is 5.48. The van der Waals surface area contributed by atoms with E-state index < -0.39 is 34.2 Å². The van der Waals surface area contributed by atoms with Gasteiger partial charge >= 0.3 is 17.8 Å². The second kappa shape index (κ2) is 5.98. The Morgan fingerprint density at radius 3 is 2.29 bits per heavy atom. The number of hydrogen-bond donors (Lipinski definition) is 0. The molecule has 11 heteroatoms. The van der Waals surface area contributed by atoms with Crippen LogP contribution in [0.3, 0.4) is 0 Å². The predicted molar refractivity (Wildman–Crippen MR) is 69.9 cm³/mol. The first kappa shape index (κ1) is 17.5. The average Bonchev–Trinajstić information content (AvgIpc) is 2.48. The third-order valence-electron chi connectivity index (χ3n) is 2.83. The van der Waals surface area contributed by atoms with Crippen molar-refractivity contribution < 1.29 is 31.6 Å². The van der Waals surface area contributed by atoms with Crippen molar-refractivity contribution in [3.05, 3.63) is 52.1 Å². The lowest BCUT2D eigenvalue weighted by Crippen LogP contribution is -2.34. The van der Waals surface area contributed by atoms with Crippen molar-refractivity contribution >= 4 is 5.69 Å². The average molecular weight is 349 g/mol. The molecule has 0 N–H and O–H groups in total. The van der Waals surface area contributed by atoms with Crippen LogP contribution in [0.5, 0.6) is 11.5 Å². The van der Waals surface area contributed by atoms with Crippen molar-refractivity contribution in [1.29, 1.82) is 0 Å². The highest BCUT2D eigenvalue weighted by Gasteiger charge is 2.60. The van der Waals surface area contributed by atoms with Gasteiger partial charge in [0.05, 0.1) is 11.1 Å². The van der Waals surface area contributed by atoms with E-state index in [4.69, 9.17) is 4.74 Å². The topological polar surface area (TPSA) is 78.2 Å². The quantitative estimate of drug-likeness (QED) is 0.471. The van der Waals surface area contributed by atoms with Gasteiger partial charge in [-0.15, -0.1) is 0 Å². The van der Waals surface area contributed by atoms with E-state index >= 15 is 0 Å². The monoisotopic (exact) mass is 349 g/mol. The number of nitro groups is 1. The Labute approximate surface area is 131 Å². The van der Waals surface area contributed by atoms with Gasteiger partial charge in [0.2, 0.25) is 5.75 Å². The van der Waals surface area contributed by atoms with E-state index in [1.165, 1.54) is 12.1 Å². The summed E-state index contributed by atoms with van der Waals surface area (Å²) < 4.78 is 68.9. The Kier molecular flexibility index (Phi) is 4.36. The van der Waals surface area contributed by atoms with E-state index in [1.807, 2.05) is 0 Å². The predicted octanol–water partition coefficient (Wildman–Crippen LogP) is 4.14. The first-order valence-electron chi connectivity index (χ1n) is 6.22. The molecule has 128 valence electrons. The van der Waals surface area contributed by atoms with Crippen molar-refractivity contribution in [2.45, 2.75) is 19.0 Å². The number of nitrogens with zero attached hydrogens (tertiary/aromatic N) is 3. The molecule has 0 fully saturated rings. The lowest BCUT2D eigenvalue weighted by atomic mass is 10.2. The second-order valence-electron chi connectivity index (χ2n) is 4.60. The summed E-state index contributed by atoms with van der Waals surface area (Å²) in [5, 5.41) is 10.9. The zero-order valence-corrected chi connectivity index (χ0v) is 11.8. The fourth-order valence-corrected chi connectivity index (χ4v) is 1.61. The summed E-state index contributed by atoms with van der Waals surface area (Å²) in [5.41, 5.74) is -2.00. The molecule has 24 heavy (non-hydrogen) atoms. The van der Waals surface area contributed by atoms with Gasteiger partial charge in [0, 0.05) is 11.8 Å². The Morgan fingerprint density at radius 1 is 1.12 bits per heavy atom. The molecule has 2 rings (SSSR count). The molecule has 0 aliphatic carbocycles. The van der Waals surface area contributed by atoms with Crippen LogP contribution >= 0.6 is 0 Å². The van der Waals surface area contributed by atoms with Crippen LogP contribution in [0.4, 0.5) is 27.6 Å². The number of halogens is 5. The molecule has 0 saturated carbocycles. The molecule has 0 aromatic carbocycles. The smallest absolute Gasteiger partial charge is 0.448 e. The molecule has 6 nitrogen and oxygen atoms in total. The SMILES string of the molecule is Cc1ccc(Oc2cc(C(F)(F)C(F)(F)F)ncc2[N+](=O)[O-])cn1. The van der Waals surface area contributed by atoms with Crippen molar-refractivity contribution in [3.63, 3.8) is 0 Å². The highest BCUT2D eigenvalue weighted by Crippen LogP contribution is 2.45. The van der Waals surface area contributed by atoms with Crippen LogP contribution in [0.15, 0.2) is 30.6 Å². The van der Waals surface area contributed by atoms with E-state index in [1.54, 1.807) is 6.92 Å². The molecule has 0 amide bonds. The number of aromatic nitrogens is 2. The molecular formula is C13H8F5N3O3. The summed E-state index contributed by atoms with van der Waals surface area (Å²) in [6, 6.07) is 2.98. The summed E-state index contributed by atoms with van der Waals surface area (Å²) in [4.78, 5) is 16.5. The summed E-state index contributed by atoms with van der Waals surface area (Å²) in [6.45, 7) is 1.64. The minimum atomic E-state index is -5.90. The molecule has 0 aliphatic heterocycles. The Balaban J connectivity index is 2.49. The molecule has 0 bridgehead atoms. The Hall–Kier alpha value is -2.85. The third-order valence-corrected chi connectivity index (χ3v) is 2.83.